The van der Waals surface area contributed by atoms with Crippen LogP contribution in [0.2, 0.25) is 0 Å². The fourth-order valence-electron chi connectivity index (χ4n) is 4.80. The lowest BCUT2D eigenvalue weighted by Crippen LogP contribution is -3.14. The molecule has 9 heteroatoms. The summed E-state index contributed by atoms with van der Waals surface area (Å²) < 4.78 is 21.5. The van der Waals surface area contributed by atoms with Gasteiger partial charge >= 0.3 is 0 Å². The van der Waals surface area contributed by atoms with Crippen LogP contribution in [0.3, 0.4) is 0 Å². The van der Waals surface area contributed by atoms with Crippen molar-refractivity contribution in [3.63, 3.8) is 0 Å². The summed E-state index contributed by atoms with van der Waals surface area (Å²) >= 11 is 0. The van der Waals surface area contributed by atoms with Crippen LogP contribution in [0, 0.1) is 0 Å². The summed E-state index contributed by atoms with van der Waals surface area (Å²) in [5, 5.41) is 13.6. The monoisotopic (exact) mass is 496 g/mol. The second kappa shape index (κ2) is 11.5. The number of methoxy groups -OCH3 is 3. The zero-order valence-electron chi connectivity index (χ0n) is 20.9. The van der Waals surface area contributed by atoms with Gasteiger partial charge in [0.05, 0.1) is 47.1 Å². The third kappa shape index (κ3) is 5.17. The molecule has 192 valence electrons. The predicted molar refractivity (Wildman–Crippen MR) is 130 cm³/mol. The fourth-order valence-corrected chi connectivity index (χ4v) is 4.80. The molecule has 4 rings (SSSR count). The first-order chi connectivity index (χ1) is 17.5. The largest absolute Gasteiger partial charge is 0.872 e. The van der Waals surface area contributed by atoms with Gasteiger partial charge in [0.1, 0.15) is 18.8 Å². The Balaban J connectivity index is 1.73. The highest BCUT2D eigenvalue weighted by molar-refractivity contribution is 6.46. The molecule has 2 heterocycles. The molecule has 36 heavy (non-hydrogen) atoms. The predicted octanol–water partition coefficient (Wildman–Crippen LogP) is 0.242. The molecule has 2 saturated heterocycles. The number of likely N-dealkylation sites (tertiary alicyclic amines) is 1. The van der Waals surface area contributed by atoms with Crippen molar-refractivity contribution >= 4 is 17.4 Å². The molecule has 2 aliphatic heterocycles. The molecule has 2 aromatic carbocycles. The van der Waals surface area contributed by atoms with Crippen LogP contribution in [0.25, 0.3) is 5.76 Å². The Kier molecular flexibility index (Phi) is 8.12. The van der Waals surface area contributed by atoms with Gasteiger partial charge in [0, 0.05) is 18.5 Å². The van der Waals surface area contributed by atoms with Gasteiger partial charge in [-0.15, -0.1) is 0 Å². The average Bonchev–Trinajstić information content (AvgIpc) is 3.17. The van der Waals surface area contributed by atoms with Gasteiger partial charge in [0.2, 0.25) is 5.78 Å². The van der Waals surface area contributed by atoms with Crippen molar-refractivity contribution < 1.29 is 38.5 Å². The fraction of sp³-hybridized carbons (Fsp3) is 0.407. The number of ketones is 1. The van der Waals surface area contributed by atoms with Crippen LogP contribution in [0.1, 0.15) is 23.6 Å². The lowest BCUT2D eigenvalue weighted by Gasteiger charge is -2.29. The minimum Gasteiger partial charge on any atom is -0.872 e. The Morgan fingerprint density at radius 1 is 1.03 bits per heavy atom. The van der Waals surface area contributed by atoms with Crippen molar-refractivity contribution in [2.24, 2.45) is 0 Å². The molecule has 0 aromatic heterocycles. The number of hydrogen-bond acceptors (Lipinski definition) is 7. The first-order valence-corrected chi connectivity index (χ1v) is 12.0. The average molecular weight is 497 g/mol. The Hall–Kier alpha value is -3.56. The molecule has 0 radical (unpaired) electrons. The van der Waals surface area contributed by atoms with Crippen molar-refractivity contribution in [3.05, 3.63) is 59.2 Å². The number of nitrogens with one attached hydrogen (secondary N) is 1. The van der Waals surface area contributed by atoms with E-state index in [1.807, 2.05) is 0 Å². The molecular weight excluding hydrogens is 464 g/mol. The third-order valence-corrected chi connectivity index (χ3v) is 6.71. The highest BCUT2D eigenvalue weighted by atomic mass is 16.5. The molecule has 1 amide bonds. The summed E-state index contributed by atoms with van der Waals surface area (Å²) in [4.78, 5) is 29.4. The summed E-state index contributed by atoms with van der Waals surface area (Å²) in [6, 6.07) is 11.0. The Morgan fingerprint density at radius 3 is 2.47 bits per heavy atom. The SMILES string of the molecule is COc1cccc(/C([O-])=C2\C(=O)C(=O)N(CCC[NH+]3CCOCC3)C2c2ccc(OC)c(OC)c2)c1. The second-order valence-electron chi connectivity index (χ2n) is 8.79. The third-order valence-electron chi connectivity index (χ3n) is 6.71. The zero-order valence-corrected chi connectivity index (χ0v) is 20.9. The minimum atomic E-state index is -0.830. The van der Waals surface area contributed by atoms with E-state index in [9.17, 15) is 14.7 Å². The van der Waals surface area contributed by atoms with Gasteiger partial charge in [-0.05, 0) is 35.4 Å². The van der Waals surface area contributed by atoms with Crippen LogP contribution < -0.4 is 24.2 Å². The highest BCUT2D eigenvalue weighted by Crippen LogP contribution is 2.41. The Morgan fingerprint density at radius 2 is 1.78 bits per heavy atom. The van der Waals surface area contributed by atoms with Crippen molar-refractivity contribution in [1.82, 2.24) is 4.90 Å². The lowest BCUT2D eigenvalue weighted by molar-refractivity contribution is -0.908. The zero-order chi connectivity index (χ0) is 25.7. The van der Waals surface area contributed by atoms with E-state index in [1.165, 1.54) is 31.1 Å². The van der Waals surface area contributed by atoms with Gasteiger partial charge in [-0.3, -0.25) is 9.59 Å². The molecule has 0 bridgehead atoms. The quantitative estimate of drug-likeness (QED) is 0.302. The number of ether oxygens (including phenoxy) is 4. The van der Waals surface area contributed by atoms with Crippen molar-refractivity contribution in [3.8, 4) is 17.2 Å². The smallest absolute Gasteiger partial charge is 0.295 e. The van der Waals surface area contributed by atoms with Crippen molar-refractivity contribution in [2.45, 2.75) is 12.5 Å². The summed E-state index contributed by atoms with van der Waals surface area (Å²) in [7, 11) is 4.55. The molecule has 2 fully saturated rings. The van der Waals surface area contributed by atoms with E-state index < -0.39 is 23.5 Å². The van der Waals surface area contributed by atoms with Crippen LogP contribution >= 0.6 is 0 Å². The Labute approximate surface area is 210 Å². The van der Waals surface area contributed by atoms with Gasteiger partial charge in [-0.1, -0.05) is 24.0 Å². The van der Waals surface area contributed by atoms with E-state index in [0.29, 0.717) is 35.8 Å². The van der Waals surface area contributed by atoms with E-state index in [2.05, 4.69) is 0 Å². The van der Waals surface area contributed by atoms with Crippen LogP contribution in [0.4, 0.5) is 0 Å². The number of rotatable bonds is 9. The van der Waals surface area contributed by atoms with Crippen LogP contribution in [-0.2, 0) is 14.3 Å². The number of benzene rings is 2. The number of carbonyl (C=O) groups is 2. The topological polar surface area (TPSA) is 102 Å². The molecule has 0 saturated carbocycles. The van der Waals surface area contributed by atoms with Gasteiger partial charge < -0.3 is 33.9 Å². The number of morpholine rings is 1. The number of quaternary nitrogens is 1. The minimum absolute atomic E-state index is 0.0702. The summed E-state index contributed by atoms with van der Waals surface area (Å²) in [5.74, 6) is -0.480. The van der Waals surface area contributed by atoms with Crippen LogP contribution in [0.15, 0.2) is 48.0 Å². The van der Waals surface area contributed by atoms with Crippen LogP contribution in [-0.4, -0.2) is 77.3 Å². The van der Waals surface area contributed by atoms with E-state index in [-0.39, 0.29) is 11.1 Å². The number of Topliss-reactive ketones (excluding diaryl/α,β-unsaturated/α-hetero) is 1. The van der Waals surface area contributed by atoms with E-state index in [0.717, 1.165) is 32.8 Å². The van der Waals surface area contributed by atoms with Gasteiger partial charge in [0.15, 0.2) is 11.5 Å². The normalized spacial score (nSPS) is 20.0. The number of amides is 1. The van der Waals surface area contributed by atoms with Crippen LogP contribution in [0.5, 0.6) is 17.2 Å². The maximum absolute atomic E-state index is 13.6. The first kappa shape index (κ1) is 25.5. The van der Waals surface area contributed by atoms with Gasteiger partial charge in [0.25, 0.3) is 5.91 Å². The van der Waals surface area contributed by atoms with Crippen molar-refractivity contribution in [1.29, 1.82) is 0 Å². The standard InChI is InChI=1S/C27H32N2O7/c1-33-20-7-4-6-19(16-20)25(30)23-24(18-8-9-21(34-2)22(17-18)35-3)29(27(32)26(23)31)11-5-10-28-12-14-36-15-13-28/h4,6-9,16-17,24,30H,5,10-15H2,1-3H3/b25-23+. The maximum Gasteiger partial charge on any atom is 0.295 e. The molecule has 1 atom stereocenters. The molecule has 2 aliphatic rings. The van der Waals surface area contributed by atoms with E-state index in [4.69, 9.17) is 18.9 Å². The second-order valence-corrected chi connectivity index (χ2v) is 8.79. The summed E-state index contributed by atoms with van der Waals surface area (Å²) in [5.41, 5.74) is 0.826. The van der Waals surface area contributed by atoms with E-state index >= 15 is 0 Å². The highest BCUT2D eigenvalue weighted by Gasteiger charge is 2.44. The molecule has 2 aromatic rings. The molecule has 1 N–H and O–H groups in total. The summed E-state index contributed by atoms with van der Waals surface area (Å²) in [6.45, 7) is 4.47. The number of hydrogen-bond donors (Lipinski definition) is 1. The lowest BCUT2D eigenvalue weighted by atomic mass is 9.95. The molecule has 0 aliphatic carbocycles. The van der Waals surface area contributed by atoms with E-state index in [1.54, 1.807) is 42.5 Å². The maximum atomic E-state index is 13.6. The molecular formula is C27H32N2O7. The van der Waals surface area contributed by atoms with Gasteiger partial charge in [-0.2, -0.15) is 0 Å². The number of nitrogens with zero attached hydrogens (tertiary/aromatic N) is 1. The Bertz CT molecular complexity index is 1140. The molecule has 9 nitrogen and oxygen atoms in total. The van der Waals surface area contributed by atoms with Crippen molar-refractivity contribution in [2.75, 3.05) is 60.7 Å². The molecule has 0 spiro atoms. The summed E-state index contributed by atoms with van der Waals surface area (Å²) in [6.07, 6.45) is 0.693. The molecule has 1 unspecified atom stereocenters. The number of carbonyl (C=O) groups excluding carboxylic acids is 2. The first-order valence-electron chi connectivity index (χ1n) is 12.0. The van der Waals surface area contributed by atoms with Gasteiger partial charge in [-0.25, -0.2) is 0 Å².